The van der Waals surface area contributed by atoms with E-state index in [-0.39, 0.29) is 11.3 Å². The number of aromatic nitrogens is 1. The summed E-state index contributed by atoms with van der Waals surface area (Å²) in [6.07, 6.45) is 2.22. The predicted molar refractivity (Wildman–Crippen MR) is 74.7 cm³/mol. The molecule has 96 valence electrons. The number of carbonyl (C=O) groups excluding carboxylic acids is 1. The van der Waals surface area contributed by atoms with Crippen molar-refractivity contribution in [3.8, 4) is 11.8 Å². The Morgan fingerprint density at radius 1 is 1.37 bits per heavy atom. The number of rotatable bonds is 2. The molecule has 0 bridgehead atoms. The quantitative estimate of drug-likeness (QED) is 0.628. The molecule has 0 aliphatic rings. The monoisotopic (exact) mass is 254 g/mol. The van der Waals surface area contributed by atoms with Gasteiger partial charge in [0.2, 0.25) is 5.91 Å². The van der Waals surface area contributed by atoms with E-state index in [4.69, 9.17) is 0 Å². The summed E-state index contributed by atoms with van der Waals surface area (Å²) in [5.41, 5.74) is 1.62. The van der Waals surface area contributed by atoms with E-state index in [1.807, 2.05) is 12.1 Å². The lowest BCUT2D eigenvalue weighted by atomic mass is 10.1. The Morgan fingerprint density at radius 3 is 3.00 bits per heavy atom. The molecule has 1 aromatic heterocycles. The first-order valence-electron chi connectivity index (χ1n) is 6.01. The highest BCUT2D eigenvalue weighted by atomic mass is 16.1. The summed E-state index contributed by atoms with van der Waals surface area (Å²) in [4.78, 5) is 25.2. The highest BCUT2D eigenvalue weighted by Gasteiger charge is 1.97. The molecule has 2 rings (SSSR count). The van der Waals surface area contributed by atoms with Crippen molar-refractivity contribution in [1.29, 1.82) is 0 Å². The largest absolute Gasteiger partial charge is 0.361 e. The number of hydrogen-bond acceptors (Lipinski definition) is 2. The number of H-pyrrole nitrogens is 1. The Kier molecular flexibility index (Phi) is 3.99. The molecule has 2 aromatic rings. The second kappa shape index (κ2) is 5.87. The van der Waals surface area contributed by atoms with E-state index in [0.29, 0.717) is 18.4 Å². The Bertz CT molecular complexity index is 720. The minimum atomic E-state index is -0.0509. The lowest BCUT2D eigenvalue weighted by molar-refractivity contribution is -0.118. The van der Waals surface area contributed by atoms with Crippen LogP contribution >= 0.6 is 0 Å². The van der Waals surface area contributed by atoms with Crippen LogP contribution in [-0.4, -0.2) is 17.4 Å². The molecule has 0 saturated heterocycles. The van der Waals surface area contributed by atoms with Crippen molar-refractivity contribution in [3.05, 3.63) is 46.2 Å². The molecule has 19 heavy (non-hydrogen) atoms. The third kappa shape index (κ3) is 3.46. The maximum absolute atomic E-state index is 11.6. The van der Waals surface area contributed by atoms with Crippen molar-refractivity contribution in [2.45, 2.75) is 13.3 Å². The first kappa shape index (κ1) is 12.9. The van der Waals surface area contributed by atoms with Crippen LogP contribution < -0.4 is 10.7 Å². The van der Waals surface area contributed by atoms with Crippen LogP contribution in [-0.2, 0) is 4.79 Å². The highest BCUT2D eigenvalue weighted by Crippen LogP contribution is 2.08. The van der Waals surface area contributed by atoms with Crippen LogP contribution in [0.1, 0.15) is 18.9 Å². The van der Waals surface area contributed by atoms with Crippen LogP contribution in [0.5, 0.6) is 0 Å². The molecular formula is C15H14N2O2. The molecule has 0 aliphatic heterocycles. The van der Waals surface area contributed by atoms with E-state index in [1.54, 1.807) is 12.3 Å². The molecular weight excluding hydrogens is 240 g/mol. The topological polar surface area (TPSA) is 62.0 Å². The summed E-state index contributed by atoms with van der Waals surface area (Å²) in [6, 6.07) is 6.94. The van der Waals surface area contributed by atoms with Gasteiger partial charge in [0.25, 0.3) is 0 Å². The Labute approximate surface area is 110 Å². The van der Waals surface area contributed by atoms with Crippen LogP contribution in [0.15, 0.2) is 35.3 Å². The fourth-order valence-corrected chi connectivity index (χ4v) is 1.72. The van der Waals surface area contributed by atoms with E-state index in [9.17, 15) is 9.59 Å². The van der Waals surface area contributed by atoms with Crippen molar-refractivity contribution in [1.82, 2.24) is 10.3 Å². The Hall–Kier alpha value is -2.54. The van der Waals surface area contributed by atoms with E-state index in [2.05, 4.69) is 22.1 Å². The van der Waals surface area contributed by atoms with Crippen LogP contribution in [0.2, 0.25) is 0 Å². The molecule has 2 N–H and O–H groups in total. The second-order valence-electron chi connectivity index (χ2n) is 4.14. The van der Waals surface area contributed by atoms with Gasteiger partial charge in [-0.25, -0.2) is 0 Å². The number of aromatic amines is 1. The average Bonchev–Trinajstić information content (AvgIpc) is 2.38. The lowest BCUT2D eigenvalue weighted by Gasteiger charge is -1.97. The van der Waals surface area contributed by atoms with Gasteiger partial charge in [0, 0.05) is 43.1 Å². The normalized spacial score (nSPS) is 9.74. The third-order valence-corrected chi connectivity index (χ3v) is 2.62. The zero-order valence-corrected chi connectivity index (χ0v) is 10.6. The number of carbonyl (C=O) groups is 1. The minimum absolute atomic E-state index is 0.00100. The summed E-state index contributed by atoms with van der Waals surface area (Å²) >= 11 is 0. The zero-order chi connectivity index (χ0) is 13.7. The van der Waals surface area contributed by atoms with Crippen LogP contribution in [0.4, 0.5) is 0 Å². The molecule has 0 fully saturated rings. The molecule has 4 heteroatoms. The molecule has 0 unspecified atom stereocenters. The van der Waals surface area contributed by atoms with Crippen LogP contribution in [0.25, 0.3) is 10.9 Å². The Balaban J connectivity index is 2.12. The van der Waals surface area contributed by atoms with Gasteiger partial charge < -0.3 is 10.3 Å². The van der Waals surface area contributed by atoms with Gasteiger partial charge in [0.05, 0.1) is 5.52 Å². The zero-order valence-electron chi connectivity index (χ0n) is 10.6. The fourth-order valence-electron chi connectivity index (χ4n) is 1.72. The van der Waals surface area contributed by atoms with Crippen LogP contribution in [0.3, 0.4) is 0 Å². The second-order valence-corrected chi connectivity index (χ2v) is 4.14. The molecule has 0 saturated carbocycles. The molecule has 0 atom stereocenters. The van der Waals surface area contributed by atoms with Crippen molar-refractivity contribution in [3.63, 3.8) is 0 Å². The van der Waals surface area contributed by atoms with Gasteiger partial charge in [-0.1, -0.05) is 11.8 Å². The van der Waals surface area contributed by atoms with E-state index in [1.165, 1.54) is 13.0 Å². The number of hydrogen-bond donors (Lipinski definition) is 2. The predicted octanol–water partition coefficient (Wildman–Crippen LogP) is 1.41. The van der Waals surface area contributed by atoms with Gasteiger partial charge >= 0.3 is 0 Å². The maximum Gasteiger partial charge on any atom is 0.216 e. The van der Waals surface area contributed by atoms with Gasteiger partial charge in [0.1, 0.15) is 0 Å². The fraction of sp³-hybridized carbons (Fsp3) is 0.200. The average molecular weight is 254 g/mol. The van der Waals surface area contributed by atoms with E-state index in [0.717, 1.165) is 11.1 Å². The first-order chi connectivity index (χ1) is 9.16. The molecule has 1 aromatic carbocycles. The number of benzene rings is 1. The number of fused-ring (bicyclic) bond motifs is 1. The molecule has 4 nitrogen and oxygen atoms in total. The molecule has 0 radical (unpaired) electrons. The van der Waals surface area contributed by atoms with Gasteiger partial charge in [-0.05, 0) is 18.2 Å². The lowest BCUT2D eigenvalue weighted by Crippen LogP contribution is -2.20. The molecule has 1 heterocycles. The molecule has 0 aliphatic carbocycles. The molecule has 0 spiro atoms. The summed E-state index contributed by atoms with van der Waals surface area (Å²) in [5, 5.41) is 3.34. The first-order valence-corrected chi connectivity index (χ1v) is 6.01. The van der Waals surface area contributed by atoms with Gasteiger partial charge in [0.15, 0.2) is 5.43 Å². The summed E-state index contributed by atoms with van der Waals surface area (Å²) in [5.74, 6) is 5.94. The number of amides is 1. The smallest absolute Gasteiger partial charge is 0.216 e. The molecule has 1 amide bonds. The van der Waals surface area contributed by atoms with Gasteiger partial charge in [-0.3, -0.25) is 9.59 Å². The summed E-state index contributed by atoms with van der Waals surface area (Å²) < 4.78 is 0. The summed E-state index contributed by atoms with van der Waals surface area (Å²) in [7, 11) is 0. The van der Waals surface area contributed by atoms with E-state index >= 15 is 0 Å². The summed E-state index contributed by atoms with van der Waals surface area (Å²) in [6.45, 7) is 2.03. The minimum Gasteiger partial charge on any atom is -0.361 e. The van der Waals surface area contributed by atoms with Crippen molar-refractivity contribution in [2.24, 2.45) is 0 Å². The Morgan fingerprint density at radius 2 is 2.21 bits per heavy atom. The van der Waals surface area contributed by atoms with Gasteiger partial charge in [-0.2, -0.15) is 0 Å². The van der Waals surface area contributed by atoms with E-state index < -0.39 is 0 Å². The van der Waals surface area contributed by atoms with Crippen LogP contribution in [0, 0.1) is 11.8 Å². The number of pyridine rings is 1. The third-order valence-electron chi connectivity index (χ3n) is 2.62. The van der Waals surface area contributed by atoms with Crippen molar-refractivity contribution >= 4 is 16.8 Å². The SMILES string of the molecule is CC(=O)NCCC#Cc1ccc2c(=O)cc[nH]c2c1. The standard InChI is InChI=1S/C15H14N2O2/c1-11(18)16-8-3-2-4-12-5-6-13-14(10-12)17-9-7-15(13)19/h5-7,9-10H,3,8H2,1H3,(H,16,18)(H,17,19). The number of nitrogens with one attached hydrogen (secondary N) is 2. The maximum atomic E-state index is 11.6. The van der Waals surface area contributed by atoms with Crippen molar-refractivity contribution < 1.29 is 4.79 Å². The van der Waals surface area contributed by atoms with Gasteiger partial charge in [-0.15, -0.1) is 0 Å². The van der Waals surface area contributed by atoms with Crippen molar-refractivity contribution in [2.75, 3.05) is 6.54 Å². The highest BCUT2D eigenvalue weighted by molar-refractivity contribution is 5.79.